The normalized spacial score (nSPS) is 12.0. The molecule has 0 aliphatic heterocycles. The van der Waals surface area contributed by atoms with Crippen LogP contribution in [0, 0.1) is 0 Å². The molecule has 7 nitrogen and oxygen atoms in total. The molecule has 0 saturated heterocycles. The van der Waals surface area contributed by atoms with Gasteiger partial charge in [-0.3, -0.25) is 9.59 Å². The topological polar surface area (TPSA) is 90.3 Å². The molecule has 3 rings (SSSR count). The Labute approximate surface area is 177 Å². The molecule has 0 bridgehead atoms. The zero-order valence-electron chi connectivity index (χ0n) is 14.9. The number of alkyl halides is 1. The number of aromatic nitrogens is 2. The van der Waals surface area contributed by atoms with Gasteiger partial charge in [0.1, 0.15) is 10.4 Å². The standard InChI is InChI=1S/C18H15BrClN3O4S/c1-3-27-18(26)14-12-8-28-16(21-15(24)9(2)20)13(12)17(25)23(22-14)11-6-4-10(19)5-7-11/h4-9H,3H2,1-2H3,(H,21,24). The summed E-state index contributed by atoms with van der Waals surface area (Å²) in [6.07, 6.45) is 0. The molecular formula is C18H15BrClN3O4S. The molecule has 2 aromatic heterocycles. The van der Waals surface area contributed by atoms with Crippen LogP contribution in [0.4, 0.5) is 5.00 Å². The summed E-state index contributed by atoms with van der Waals surface area (Å²) in [5.41, 5.74) is -0.00553. The van der Waals surface area contributed by atoms with E-state index in [2.05, 4.69) is 26.3 Å². The third-order valence-corrected chi connectivity index (χ3v) is 5.41. The molecular weight excluding hydrogens is 470 g/mol. The van der Waals surface area contributed by atoms with E-state index < -0.39 is 22.8 Å². The Morgan fingerprint density at radius 3 is 2.64 bits per heavy atom. The molecule has 28 heavy (non-hydrogen) atoms. The minimum absolute atomic E-state index is 0.00459. The van der Waals surface area contributed by atoms with E-state index in [1.807, 2.05) is 0 Å². The quantitative estimate of drug-likeness (QED) is 0.437. The summed E-state index contributed by atoms with van der Waals surface area (Å²) in [5.74, 6) is -1.10. The first-order chi connectivity index (χ1) is 13.3. The number of benzene rings is 1. The largest absolute Gasteiger partial charge is 0.461 e. The van der Waals surface area contributed by atoms with Crippen molar-refractivity contribution in [1.82, 2.24) is 9.78 Å². The summed E-state index contributed by atoms with van der Waals surface area (Å²) in [6.45, 7) is 3.37. The summed E-state index contributed by atoms with van der Waals surface area (Å²) in [6, 6.07) is 6.88. The van der Waals surface area contributed by atoms with E-state index in [0.717, 1.165) is 20.5 Å². The number of anilines is 1. The fourth-order valence-electron chi connectivity index (χ4n) is 2.46. The number of nitrogens with zero attached hydrogens (tertiary/aromatic N) is 2. The second kappa shape index (κ2) is 8.42. The number of carbonyl (C=O) groups is 2. The van der Waals surface area contributed by atoms with E-state index in [9.17, 15) is 14.4 Å². The van der Waals surface area contributed by atoms with E-state index in [-0.39, 0.29) is 17.7 Å². The van der Waals surface area contributed by atoms with Crippen LogP contribution in [0.2, 0.25) is 0 Å². The molecule has 146 valence electrons. The fraction of sp³-hybridized carbons (Fsp3) is 0.222. The van der Waals surface area contributed by atoms with Gasteiger partial charge in [0.25, 0.3) is 5.56 Å². The van der Waals surface area contributed by atoms with Crippen molar-refractivity contribution in [2.24, 2.45) is 0 Å². The highest BCUT2D eigenvalue weighted by molar-refractivity contribution is 9.10. The number of rotatable bonds is 5. The van der Waals surface area contributed by atoms with Crippen molar-refractivity contribution in [3.8, 4) is 5.69 Å². The van der Waals surface area contributed by atoms with Crippen LogP contribution in [0.5, 0.6) is 0 Å². The first-order valence-corrected chi connectivity index (χ1v) is 10.4. The highest BCUT2D eigenvalue weighted by atomic mass is 79.9. The molecule has 3 aromatic rings. The molecule has 0 saturated carbocycles. The predicted molar refractivity (Wildman–Crippen MR) is 113 cm³/mol. The molecule has 10 heteroatoms. The summed E-state index contributed by atoms with van der Waals surface area (Å²) in [4.78, 5) is 37.6. The number of esters is 1. The van der Waals surface area contributed by atoms with E-state index in [0.29, 0.717) is 16.1 Å². The molecule has 1 atom stereocenters. The number of carbonyl (C=O) groups excluding carboxylic acids is 2. The van der Waals surface area contributed by atoms with Gasteiger partial charge in [-0.25, -0.2) is 4.79 Å². The van der Waals surface area contributed by atoms with Crippen molar-refractivity contribution >= 4 is 66.5 Å². The molecule has 2 heterocycles. The maximum Gasteiger partial charge on any atom is 0.359 e. The summed E-state index contributed by atoms with van der Waals surface area (Å²) >= 11 is 10.3. The van der Waals surface area contributed by atoms with Crippen LogP contribution in [0.15, 0.2) is 38.9 Å². The van der Waals surface area contributed by atoms with E-state index in [4.69, 9.17) is 16.3 Å². The van der Waals surface area contributed by atoms with E-state index >= 15 is 0 Å². The first kappa shape index (κ1) is 20.5. The van der Waals surface area contributed by atoms with Crippen LogP contribution < -0.4 is 10.9 Å². The lowest BCUT2D eigenvalue weighted by Crippen LogP contribution is -2.26. The number of ether oxygens (including phenoxy) is 1. The third kappa shape index (κ3) is 3.96. The number of hydrogen-bond acceptors (Lipinski definition) is 6. The van der Waals surface area contributed by atoms with Crippen LogP contribution >= 0.6 is 38.9 Å². The Morgan fingerprint density at radius 1 is 1.36 bits per heavy atom. The number of halogens is 2. The van der Waals surface area contributed by atoms with Crippen molar-refractivity contribution in [2.75, 3.05) is 11.9 Å². The molecule has 1 N–H and O–H groups in total. The van der Waals surface area contributed by atoms with Crippen molar-refractivity contribution in [3.05, 3.63) is 50.2 Å². The molecule has 0 radical (unpaired) electrons. The predicted octanol–water partition coefficient (Wildman–Crippen LogP) is 3.95. The van der Waals surface area contributed by atoms with E-state index in [1.54, 1.807) is 36.6 Å². The summed E-state index contributed by atoms with van der Waals surface area (Å²) in [5, 5.41) is 8.48. The Bertz CT molecular complexity index is 1110. The molecule has 0 spiro atoms. The summed E-state index contributed by atoms with van der Waals surface area (Å²) < 4.78 is 7.03. The highest BCUT2D eigenvalue weighted by Crippen LogP contribution is 2.31. The van der Waals surface area contributed by atoms with Gasteiger partial charge in [0.15, 0.2) is 5.69 Å². The van der Waals surface area contributed by atoms with Gasteiger partial charge >= 0.3 is 5.97 Å². The number of thiophene rings is 1. The van der Waals surface area contributed by atoms with Gasteiger partial charge < -0.3 is 10.1 Å². The first-order valence-electron chi connectivity index (χ1n) is 8.26. The Kier molecular flexibility index (Phi) is 6.17. The lowest BCUT2D eigenvalue weighted by Gasteiger charge is -2.10. The van der Waals surface area contributed by atoms with Gasteiger partial charge in [0.2, 0.25) is 5.91 Å². The van der Waals surface area contributed by atoms with Crippen LogP contribution in [-0.4, -0.2) is 33.6 Å². The van der Waals surface area contributed by atoms with Crippen molar-refractivity contribution in [1.29, 1.82) is 0 Å². The fourth-order valence-corrected chi connectivity index (χ4v) is 3.72. The second-order valence-electron chi connectivity index (χ2n) is 5.72. The van der Waals surface area contributed by atoms with Gasteiger partial charge in [-0.15, -0.1) is 22.9 Å². The van der Waals surface area contributed by atoms with Gasteiger partial charge in [0, 0.05) is 15.2 Å². The average Bonchev–Trinajstić information content (AvgIpc) is 3.07. The molecule has 1 amide bonds. The lowest BCUT2D eigenvalue weighted by atomic mass is 10.2. The Hall–Kier alpha value is -2.23. The molecule has 1 unspecified atom stereocenters. The zero-order chi connectivity index (χ0) is 20.4. The molecule has 0 fully saturated rings. The second-order valence-corrected chi connectivity index (χ2v) is 8.17. The Balaban J connectivity index is 2.27. The smallest absolute Gasteiger partial charge is 0.359 e. The highest BCUT2D eigenvalue weighted by Gasteiger charge is 2.23. The number of amides is 1. The minimum atomic E-state index is -0.780. The number of fused-ring (bicyclic) bond motifs is 1. The molecule has 0 aliphatic rings. The molecule has 0 aliphatic carbocycles. The van der Waals surface area contributed by atoms with Crippen molar-refractivity contribution in [3.63, 3.8) is 0 Å². The zero-order valence-corrected chi connectivity index (χ0v) is 18.0. The Morgan fingerprint density at radius 2 is 2.04 bits per heavy atom. The van der Waals surface area contributed by atoms with Gasteiger partial charge in [0.05, 0.1) is 17.7 Å². The van der Waals surface area contributed by atoms with Crippen LogP contribution in [0.25, 0.3) is 16.5 Å². The van der Waals surface area contributed by atoms with Crippen LogP contribution in [0.1, 0.15) is 24.3 Å². The lowest BCUT2D eigenvalue weighted by molar-refractivity contribution is -0.115. The van der Waals surface area contributed by atoms with Gasteiger partial charge in [-0.1, -0.05) is 15.9 Å². The SMILES string of the molecule is CCOC(=O)c1nn(-c2ccc(Br)cc2)c(=O)c2c(NC(=O)C(C)Cl)scc12. The summed E-state index contributed by atoms with van der Waals surface area (Å²) in [7, 11) is 0. The third-order valence-electron chi connectivity index (χ3n) is 3.79. The maximum absolute atomic E-state index is 13.1. The maximum atomic E-state index is 13.1. The van der Waals surface area contributed by atoms with E-state index in [1.165, 1.54) is 6.92 Å². The van der Waals surface area contributed by atoms with Crippen LogP contribution in [0.3, 0.4) is 0 Å². The minimum Gasteiger partial charge on any atom is -0.461 e. The average molecular weight is 485 g/mol. The number of nitrogens with one attached hydrogen (secondary N) is 1. The van der Waals surface area contributed by atoms with Gasteiger partial charge in [-0.2, -0.15) is 9.78 Å². The van der Waals surface area contributed by atoms with Crippen molar-refractivity contribution < 1.29 is 14.3 Å². The molecule has 1 aromatic carbocycles. The number of hydrogen-bond donors (Lipinski definition) is 1. The van der Waals surface area contributed by atoms with Gasteiger partial charge in [-0.05, 0) is 38.1 Å². The van der Waals surface area contributed by atoms with Crippen molar-refractivity contribution in [2.45, 2.75) is 19.2 Å². The monoisotopic (exact) mass is 483 g/mol. The van der Waals surface area contributed by atoms with Crippen LogP contribution in [-0.2, 0) is 9.53 Å².